The zero-order valence-electron chi connectivity index (χ0n) is 15.3. The zero-order valence-corrected chi connectivity index (χ0v) is 16.9. The summed E-state index contributed by atoms with van der Waals surface area (Å²) in [6.45, 7) is 6.71. The van der Waals surface area contributed by atoms with Crippen LogP contribution >= 0.6 is 11.8 Å². The number of sulfonamides is 1. The van der Waals surface area contributed by atoms with Crippen LogP contribution in [0.4, 0.5) is 10.1 Å². The van der Waals surface area contributed by atoms with E-state index in [0.29, 0.717) is 18.1 Å². The Kier molecular flexibility index (Phi) is 8.01. The number of nitrogens with zero attached hydrogens (tertiary/aromatic N) is 1. The van der Waals surface area contributed by atoms with E-state index in [1.807, 2.05) is 6.26 Å². The number of hydrogen-bond donors (Lipinski definition) is 3. The minimum atomic E-state index is -3.58. The SMILES string of the molecule is CN=C(NCCS(=O)(=O)Nc1ccc(C)c(F)c1)NCC(C)(C)SC. The maximum atomic E-state index is 13.5. The molecule has 0 spiro atoms. The van der Waals surface area contributed by atoms with E-state index < -0.39 is 15.8 Å². The fourth-order valence-electron chi connectivity index (χ4n) is 1.78. The second kappa shape index (κ2) is 9.28. The van der Waals surface area contributed by atoms with E-state index in [9.17, 15) is 12.8 Å². The second-order valence-electron chi connectivity index (χ2n) is 6.20. The van der Waals surface area contributed by atoms with Crippen molar-refractivity contribution in [3.05, 3.63) is 29.6 Å². The third kappa shape index (κ3) is 7.96. The molecule has 3 N–H and O–H groups in total. The topological polar surface area (TPSA) is 82.6 Å². The van der Waals surface area contributed by atoms with Gasteiger partial charge in [0.05, 0.1) is 11.4 Å². The molecule has 0 fully saturated rings. The Morgan fingerprint density at radius 1 is 1.32 bits per heavy atom. The summed E-state index contributed by atoms with van der Waals surface area (Å²) in [5.41, 5.74) is 0.681. The van der Waals surface area contributed by atoms with Gasteiger partial charge in [0.1, 0.15) is 5.82 Å². The van der Waals surface area contributed by atoms with Crippen molar-refractivity contribution in [2.24, 2.45) is 4.99 Å². The van der Waals surface area contributed by atoms with Crippen LogP contribution in [0.15, 0.2) is 23.2 Å². The number of nitrogens with one attached hydrogen (secondary N) is 3. The number of halogens is 1. The van der Waals surface area contributed by atoms with Gasteiger partial charge >= 0.3 is 0 Å². The highest BCUT2D eigenvalue weighted by Gasteiger charge is 2.16. The van der Waals surface area contributed by atoms with Gasteiger partial charge < -0.3 is 10.6 Å². The van der Waals surface area contributed by atoms with Crippen molar-refractivity contribution < 1.29 is 12.8 Å². The van der Waals surface area contributed by atoms with Crippen LogP contribution in [0.5, 0.6) is 0 Å². The fraction of sp³-hybridized carbons (Fsp3) is 0.562. The molecule has 0 amide bonds. The van der Waals surface area contributed by atoms with Crippen LogP contribution in [-0.2, 0) is 10.0 Å². The summed E-state index contributed by atoms with van der Waals surface area (Å²) < 4.78 is 40.1. The molecule has 1 rings (SSSR count). The molecule has 142 valence electrons. The highest BCUT2D eigenvalue weighted by molar-refractivity contribution is 7.99. The van der Waals surface area contributed by atoms with Crippen LogP contribution in [0.3, 0.4) is 0 Å². The van der Waals surface area contributed by atoms with Crippen LogP contribution in [0, 0.1) is 12.7 Å². The quantitative estimate of drug-likeness (QED) is 0.468. The molecule has 9 heteroatoms. The Balaban J connectivity index is 2.51. The number of anilines is 1. The molecule has 6 nitrogen and oxygen atoms in total. The summed E-state index contributed by atoms with van der Waals surface area (Å²) in [4.78, 5) is 4.07. The van der Waals surface area contributed by atoms with Crippen molar-refractivity contribution in [2.75, 3.05) is 36.9 Å². The number of benzene rings is 1. The Morgan fingerprint density at radius 2 is 2.00 bits per heavy atom. The van der Waals surface area contributed by atoms with E-state index in [0.717, 1.165) is 0 Å². The lowest BCUT2D eigenvalue weighted by atomic mass is 10.2. The van der Waals surface area contributed by atoms with Gasteiger partial charge in [-0.3, -0.25) is 9.71 Å². The Morgan fingerprint density at radius 3 is 2.56 bits per heavy atom. The first-order chi connectivity index (χ1) is 11.6. The Labute approximate surface area is 154 Å². The van der Waals surface area contributed by atoms with E-state index in [2.05, 4.69) is 34.2 Å². The maximum absolute atomic E-state index is 13.5. The van der Waals surface area contributed by atoms with Crippen molar-refractivity contribution >= 4 is 33.4 Å². The summed E-state index contributed by atoms with van der Waals surface area (Å²) in [6.07, 6.45) is 2.03. The third-order valence-electron chi connectivity index (χ3n) is 3.57. The number of thioether (sulfide) groups is 1. The fourth-order valence-corrected chi connectivity index (χ4v) is 2.96. The van der Waals surface area contributed by atoms with Gasteiger partial charge in [0.15, 0.2) is 5.96 Å². The molecule has 1 aromatic carbocycles. The lowest BCUT2D eigenvalue weighted by Gasteiger charge is -2.23. The van der Waals surface area contributed by atoms with Gasteiger partial charge in [0.2, 0.25) is 10.0 Å². The van der Waals surface area contributed by atoms with Crippen molar-refractivity contribution in [1.82, 2.24) is 10.6 Å². The van der Waals surface area contributed by atoms with Gasteiger partial charge in [-0.2, -0.15) is 11.8 Å². The molecule has 0 aliphatic carbocycles. The summed E-state index contributed by atoms with van der Waals surface area (Å²) in [7, 11) is -1.95. The molecule has 0 heterocycles. The highest BCUT2D eigenvalue weighted by Crippen LogP contribution is 2.19. The summed E-state index contributed by atoms with van der Waals surface area (Å²) in [5, 5.41) is 6.13. The smallest absolute Gasteiger partial charge is 0.234 e. The number of aryl methyl sites for hydroxylation is 1. The summed E-state index contributed by atoms with van der Waals surface area (Å²) in [5.74, 6) is -0.0622. The van der Waals surface area contributed by atoms with Crippen LogP contribution < -0.4 is 15.4 Å². The van der Waals surface area contributed by atoms with Crippen molar-refractivity contribution in [3.8, 4) is 0 Å². The largest absolute Gasteiger partial charge is 0.355 e. The minimum absolute atomic E-state index is 0.0424. The molecule has 0 saturated heterocycles. The molecule has 0 aromatic heterocycles. The minimum Gasteiger partial charge on any atom is -0.355 e. The van der Waals surface area contributed by atoms with Crippen LogP contribution in [0.2, 0.25) is 0 Å². The predicted molar refractivity (Wildman–Crippen MR) is 106 cm³/mol. The number of guanidine groups is 1. The number of hydrogen-bond acceptors (Lipinski definition) is 4. The normalized spacial score (nSPS) is 12.8. The molecular weight excluding hydrogens is 363 g/mol. The van der Waals surface area contributed by atoms with Crippen LogP contribution in [0.1, 0.15) is 19.4 Å². The van der Waals surface area contributed by atoms with Gasteiger partial charge in [0.25, 0.3) is 0 Å². The van der Waals surface area contributed by atoms with Crippen molar-refractivity contribution in [1.29, 1.82) is 0 Å². The monoisotopic (exact) mass is 390 g/mol. The van der Waals surface area contributed by atoms with Crippen molar-refractivity contribution in [2.45, 2.75) is 25.5 Å². The standard InChI is InChI=1S/C16H27FN4O2S2/c1-12-6-7-13(10-14(12)17)21-25(22,23)9-8-19-15(18-4)20-11-16(2,3)24-5/h6-7,10,21H,8-9,11H2,1-5H3,(H2,18,19,20). The Bertz CT molecular complexity index is 706. The molecule has 1 aromatic rings. The first-order valence-electron chi connectivity index (χ1n) is 7.85. The van der Waals surface area contributed by atoms with Gasteiger partial charge in [-0.15, -0.1) is 0 Å². The predicted octanol–water partition coefficient (Wildman–Crippen LogP) is 2.18. The first kappa shape index (κ1) is 21.6. The number of aliphatic imine (C=N–C) groups is 1. The van der Waals surface area contributed by atoms with E-state index in [1.165, 1.54) is 18.2 Å². The molecule has 0 aliphatic rings. The number of rotatable bonds is 8. The molecule has 0 radical (unpaired) electrons. The summed E-state index contributed by atoms with van der Waals surface area (Å²) in [6, 6.07) is 4.24. The second-order valence-corrected chi connectivity index (χ2v) is 9.56. The highest BCUT2D eigenvalue weighted by atomic mass is 32.2. The van der Waals surface area contributed by atoms with Crippen LogP contribution in [0.25, 0.3) is 0 Å². The molecular formula is C16H27FN4O2S2. The first-order valence-corrected chi connectivity index (χ1v) is 10.7. The molecule has 0 atom stereocenters. The van der Waals surface area contributed by atoms with Crippen molar-refractivity contribution in [3.63, 3.8) is 0 Å². The molecule has 0 unspecified atom stereocenters. The maximum Gasteiger partial charge on any atom is 0.234 e. The van der Waals surface area contributed by atoms with Gasteiger partial charge in [-0.25, -0.2) is 12.8 Å². The lowest BCUT2D eigenvalue weighted by molar-refractivity contribution is 0.599. The Hall–Kier alpha value is -1.48. The van der Waals surface area contributed by atoms with E-state index in [1.54, 1.807) is 25.7 Å². The average Bonchev–Trinajstić information content (AvgIpc) is 2.53. The molecule has 0 saturated carbocycles. The van der Waals surface area contributed by atoms with Gasteiger partial charge in [0, 0.05) is 24.9 Å². The third-order valence-corrected chi connectivity index (χ3v) is 6.10. The van der Waals surface area contributed by atoms with Gasteiger partial charge in [-0.1, -0.05) is 6.07 Å². The lowest BCUT2D eigenvalue weighted by Crippen LogP contribution is -2.44. The zero-order chi connectivity index (χ0) is 19.1. The van der Waals surface area contributed by atoms with Gasteiger partial charge in [-0.05, 0) is 44.7 Å². The summed E-state index contributed by atoms with van der Waals surface area (Å²) >= 11 is 1.73. The average molecular weight is 391 g/mol. The molecule has 0 bridgehead atoms. The van der Waals surface area contributed by atoms with E-state index in [-0.39, 0.29) is 22.7 Å². The van der Waals surface area contributed by atoms with Crippen LogP contribution in [-0.4, -0.2) is 51.3 Å². The van der Waals surface area contributed by atoms with E-state index in [4.69, 9.17) is 0 Å². The van der Waals surface area contributed by atoms with E-state index >= 15 is 0 Å². The molecule has 25 heavy (non-hydrogen) atoms. The molecule has 0 aliphatic heterocycles.